The highest BCUT2D eigenvalue weighted by molar-refractivity contribution is 6.56. The van der Waals surface area contributed by atoms with Crippen LogP contribution in [0.15, 0.2) is 45.7 Å². The number of ether oxygens (including phenoxy) is 3. The SMILES string of the molecule is CCc1cc(OCC=C(Cl)Cl)cc(C)c1OCCCCCOC=CNOCC=C(Cl)Cl. The first-order valence-corrected chi connectivity index (χ1v) is 11.5. The van der Waals surface area contributed by atoms with Gasteiger partial charge in [-0.2, -0.15) is 0 Å². The predicted octanol–water partition coefficient (Wildman–Crippen LogP) is 7.13. The van der Waals surface area contributed by atoms with E-state index in [9.17, 15) is 0 Å². The van der Waals surface area contributed by atoms with Crippen LogP contribution in [0.25, 0.3) is 0 Å². The number of hydrogen-bond acceptors (Lipinski definition) is 5. The molecule has 0 saturated carbocycles. The van der Waals surface area contributed by atoms with Gasteiger partial charge in [-0.3, -0.25) is 10.3 Å². The fraction of sp³-hybridized carbons (Fsp3) is 0.455. The summed E-state index contributed by atoms with van der Waals surface area (Å²) in [6.45, 7) is 5.98. The van der Waals surface area contributed by atoms with Crippen molar-refractivity contribution in [2.75, 3.05) is 26.4 Å². The molecule has 0 spiro atoms. The molecule has 1 rings (SSSR count). The van der Waals surface area contributed by atoms with Gasteiger partial charge in [-0.25, -0.2) is 0 Å². The number of nitrogens with one attached hydrogen (secondary N) is 1. The molecule has 0 aliphatic heterocycles. The number of hydrogen-bond donors (Lipinski definition) is 1. The Morgan fingerprint density at radius 3 is 2.35 bits per heavy atom. The van der Waals surface area contributed by atoms with Gasteiger partial charge in [0.1, 0.15) is 33.4 Å². The Kier molecular flexibility index (Phi) is 15.5. The summed E-state index contributed by atoms with van der Waals surface area (Å²) >= 11 is 22.1. The summed E-state index contributed by atoms with van der Waals surface area (Å²) in [4.78, 5) is 5.01. The molecule has 0 aliphatic rings. The summed E-state index contributed by atoms with van der Waals surface area (Å²) in [6, 6.07) is 3.96. The lowest BCUT2D eigenvalue weighted by molar-refractivity contribution is 0.0920. The van der Waals surface area contributed by atoms with Crippen LogP contribution in [0, 0.1) is 6.92 Å². The molecule has 9 heteroatoms. The van der Waals surface area contributed by atoms with Crippen LogP contribution in [0.3, 0.4) is 0 Å². The molecule has 0 amide bonds. The third-order valence-electron chi connectivity index (χ3n) is 3.98. The van der Waals surface area contributed by atoms with E-state index < -0.39 is 0 Å². The highest BCUT2D eigenvalue weighted by Crippen LogP contribution is 2.30. The van der Waals surface area contributed by atoms with E-state index in [-0.39, 0.29) is 15.6 Å². The molecule has 0 fully saturated rings. The largest absolute Gasteiger partial charge is 0.500 e. The second-order valence-electron chi connectivity index (χ2n) is 6.39. The molecule has 0 bridgehead atoms. The van der Waals surface area contributed by atoms with Crippen molar-refractivity contribution < 1.29 is 19.0 Å². The fourth-order valence-electron chi connectivity index (χ4n) is 2.55. The molecule has 0 heterocycles. The number of halogens is 4. The summed E-state index contributed by atoms with van der Waals surface area (Å²) in [5.41, 5.74) is 4.75. The van der Waals surface area contributed by atoms with Crippen LogP contribution in [0.2, 0.25) is 0 Å². The third kappa shape index (κ3) is 13.7. The molecule has 31 heavy (non-hydrogen) atoms. The Morgan fingerprint density at radius 2 is 1.65 bits per heavy atom. The van der Waals surface area contributed by atoms with Crippen molar-refractivity contribution in [1.82, 2.24) is 5.48 Å². The highest BCUT2D eigenvalue weighted by Gasteiger charge is 2.09. The van der Waals surface area contributed by atoms with E-state index in [0.717, 1.165) is 48.3 Å². The fourth-order valence-corrected chi connectivity index (χ4v) is 2.80. The predicted molar refractivity (Wildman–Crippen MR) is 129 cm³/mol. The standard InChI is InChI=1S/C22H29Cl4NO4/c1-3-18-16-19(29-12-7-20(23)24)15-17(2)22(18)30-11-6-4-5-10-28-14-9-27-31-13-8-21(25)26/h7-9,14-16,27H,3-6,10-13H2,1-2H3. The minimum Gasteiger partial charge on any atom is -0.500 e. The van der Waals surface area contributed by atoms with Crippen LogP contribution >= 0.6 is 46.4 Å². The van der Waals surface area contributed by atoms with Crippen LogP contribution < -0.4 is 15.0 Å². The van der Waals surface area contributed by atoms with Crippen molar-refractivity contribution in [3.63, 3.8) is 0 Å². The van der Waals surface area contributed by atoms with Gasteiger partial charge in [-0.15, -0.1) is 0 Å². The Bertz CT molecular complexity index is 730. The normalized spacial score (nSPS) is 10.6. The zero-order valence-electron chi connectivity index (χ0n) is 17.8. The highest BCUT2D eigenvalue weighted by atomic mass is 35.5. The first-order chi connectivity index (χ1) is 14.9. The van der Waals surface area contributed by atoms with E-state index in [0.29, 0.717) is 19.8 Å². The van der Waals surface area contributed by atoms with Gasteiger partial charge >= 0.3 is 0 Å². The van der Waals surface area contributed by atoms with Crippen LogP contribution in [-0.4, -0.2) is 26.4 Å². The van der Waals surface area contributed by atoms with Gasteiger partial charge in [0.25, 0.3) is 0 Å². The number of aryl methyl sites for hydroxylation is 2. The molecule has 1 aromatic rings. The Hall–Kier alpha value is -1.24. The molecule has 0 radical (unpaired) electrons. The maximum atomic E-state index is 6.04. The Labute approximate surface area is 204 Å². The Morgan fingerprint density at radius 1 is 0.935 bits per heavy atom. The summed E-state index contributed by atoms with van der Waals surface area (Å²) in [7, 11) is 0. The van der Waals surface area contributed by atoms with E-state index in [1.807, 2.05) is 19.1 Å². The average Bonchev–Trinajstić information content (AvgIpc) is 2.71. The number of unbranched alkanes of at least 4 members (excludes halogenated alkanes) is 2. The lowest BCUT2D eigenvalue weighted by Crippen LogP contribution is -2.06. The van der Waals surface area contributed by atoms with Gasteiger partial charge in [0, 0.05) is 0 Å². The van der Waals surface area contributed by atoms with Crippen molar-refractivity contribution in [3.05, 3.63) is 56.9 Å². The molecule has 5 nitrogen and oxygen atoms in total. The van der Waals surface area contributed by atoms with E-state index in [4.69, 9.17) is 65.5 Å². The number of hydroxylamine groups is 1. The van der Waals surface area contributed by atoms with Gasteiger partial charge in [-0.05, 0) is 68.0 Å². The van der Waals surface area contributed by atoms with Gasteiger partial charge in [-0.1, -0.05) is 53.3 Å². The average molecular weight is 513 g/mol. The number of rotatable bonds is 16. The van der Waals surface area contributed by atoms with E-state index in [1.54, 1.807) is 18.5 Å². The molecule has 1 N–H and O–H groups in total. The molecular weight excluding hydrogens is 484 g/mol. The molecule has 0 atom stereocenters. The lowest BCUT2D eigenvalue weighted by atomic mass is 10.1. The molecular formula is C22H29Cl4NO4. The molecule has 0 unspecified atom stereocenters. The van der Waals surface area contributed by atoms with Crippen molar-refractivity contribution in [2.45, 2.75) is 39.5 Å². The minimum absolute atomic E-state index is 0.166. The second kappa shape index (κ2) is 17.3. The zero-order valence-corrected chi connectivity index (χ0v) is 20.8. The van der Waals surface area contributed by atoms with Crippen LogP contribution in [0.1, 0.15) is 37.3 Å². The maximum Gasteiger partial charge on any atom is 0.125 e. The summed E-state index contributed by atoms with van der Waals surface area (Å²) in [6.07, 6.45) is 9.97. The Balaban J connectivity index is 2.24. The first-order valence-electron chi connectivity index (χ1n) is 9.99. The summed E-state index contributed by atoms with van der Waals surface area (Å²) in [5.74, 6) is 1.70. The lowest BCUT2D eigenvalue weighted by Gasteiger charge is -2.15. The van der Waals surface area contributed by atoms with Crippen molar-refractivity contribution in [3.8, 4) is 11.5 Å². The molecule has 174 valence electrons. The monoisotopic (exact) mass is 511 g/mol. The summed E-state index contributed by atoms with van der Waals surface area (Å²) in [5, 5.41) is 0. The van der Waals surface area contributed by atoms with Gasteiger partial charge in [0.15, 0.2) is 0 Å². The molecule has 0 saturated heterocycles. The molecule has 0 aromatic heterocycles. The minimum atomic E-state index is 0.166. The van der Waals surface area contributed by atoms with Crippen LogP contribution in [0.4, 0.5) is 0 Å². The van der Waals surface area contributed by atoms with Gasteiger partial charge in [0.05, 0.1) is 26.0 Å². The van der Waals surface area contributed by atoms with Gasteiger partial charge in [0.2, 0.25) is 0 Å². The summed E-state index contributed by atoms with van der Waals surface area (Å²) < 4.78 is 17.5. The van der Waals surface area contributed by atoms with Crippen molar-refractivity contribution >= 4 is 46.4 Å². The zero-order chi connectivity index (χ0) is 22.9. The second-order valence-corrected chi connectivity index (χ2v) is 8.41. The quantitative estimate of drug-likeness (QED) is 0.145. The topological polar surface area (TPSA) is 49.0 Å². The number of benzene rings is 1. The molecule has 0 aliphatic carbocycles. The molecule has 1 aromatic carbocycles. The third-order valence-corrected chi connectivity index (χ3v) is 4.60. The smallest absolute Gasteiger partial charge is 0.125 e. The van der Waals surface area contributed by atoms with Crippen LogP contribution in [-0.2, 0) is 16.0 Å². The van der Waals surface area contributed by atoms with E-state index >= 15 is 0 Å². The van der Waals surface area contributed by atoms with E-state index in [2.05, 4.69) is 12.4 Å². The van der Waals surface area contributed by atoms with Crippen molar-refractivity contribution in [2.24, 2.45) is 0 Å². The van der Waals surface area contributed by atoms with Crippen molar-refractivity contribution in [1.29, 1.82) is 0 Å². The van der Waals surface area contributed by atoms with E-state index in [1.165, 1.54) is 6.08 Å². The van der Waals surface area contributed by atoms with Gasteiger partial charge < -0.3 is 14.2 Å². The maximum absolute atomic E-state index is 6.04. The first kappa shape index (κ1) is 27.8. The van der Waals surface area contributed by atoms with Crippen LogP contribution in [0.5, 0.6) is 11.5 Å².